The summed E-state index contributed by atoms with van der Waals surface area (Å²) in [5.74, 6) is 0. The van der Waals surface area contributed by atoms with Gasteiger partial charge in [0.2, 0.25) is 0 Å². The molecule has 18 heteroatoms. The molecule has 0 saturated heterocycles. The average molecular weight is 581 g/mol. The third kappa shape index (κ3) is 9.90. The Bertz CT molecular complexity index is 926. The minimum Gasteiger partial charge on any atom is -0.394 e. The van der Waals surface area contributed by atoms with Gasteiger partial charge in [-0.25, -0.2) is 9.97 Å². The molecule has 2 aromatic rings. The summed E-state index contributed by atoms with van der Waals surface area (Å²) in [6.07, 6.45) is -11.4. The first-order valence-electron chi connectivity index (χ1n) is 11.7. The third-order valence-corrected chi connectivity index (χ3v) is 5.47. The fourth-order valence-corrected chi connectivity index (χ4v) is 2.94. The van der Waals surface area contributed by atoms with E-state index >= 15 is 0 Å². The molecule has 0 bridgehead atoms. The molecule has 40 heavy (non-hydrogen) atoms. The molecule has 2 rings (SSSR count). The van der Waals surface area contributed by atoms with E-state index in [1.807, 2.05) is 0 Å². The van der Waals surface area contributed by atoms with E-state index in [1.165, 1.54) is 0 Å². The minimum atomic E-state index is -1.74. The van der Waals surface area contributed by atoms with Gasteiger partial charge in [-0.1, -0.05) is 0 Å². The second kappa shape index (κ2) is 17.4. The van der Waals surface area contributed by atoms with Crippen LogP contribution in [0.25, 0.3) is 0 Å². The maximum absolute atomic E-state index is 9.83. The predicted octanol–water partition coefficient (Wildman–Crippen LogP) is -6.78. The Morgan fingerprint density at radius 3 is 0.900 bits per heavy atom. The number of nitrogens with zero attached hydrogens (tertiary/aromatic N) is 4. The number of hydrogen-bond donors (Lipinski definition) is 14. The van der Waals surface area contributed by atoms with E-state index < -0.39 is 87.5 Å². The molecule has 0 fully saturated rings. The molecule has 6 unspecified atom stereocenters. The second-order valence-corrected chi connectivity index (χ2v) is 8.50. The predicted molar refractivity (Wildman–Crippen MR) is 128 cm³/mol. The van der Waals surface area contributed by atoms with Gasteiger partial charge in [-0.05, 0) is 0 Å². The molecule has 0 aliphatic heterocycles. The Morgan fingerprint density at radius 2 is 0.650 bits per heavy atom. The van der Waals surface area contributed by atoms with Crippen molar-refractivity contribution in [2.45, 2.75) is 61.0 Å². The first kappa shape index (κ1) is 35.6. The SMILES string of the molecule is OCC(O)C(O)C(O)c1cncc(C(O)C(O)C(O)CO)n1.OC[C@@H](O)[C@H](O)c1cncc([C@@H](O)[C@H](O)CO)n1. The summed E-state index contributed by atoms with van der Waals surface area (Å²) < 4.78 is 0. The zero-order valence-electron chi connectivity index (χ0n) is 21.0. The fraction of sp³-hybridized carbons (Fsp3) is 0.636. The lowest BCUT2D eigenvalue weighted by Gasteiger charge is -2.23. The molecule has 0 radical (unpaired) electrons. The molecule has 2 heterocycles. The van der Waals surface area contributed by atoms with E-state index in [0.717, 1.165) is 24.8 Å². The van der Waals surface area contributed by atoms with Gasteiger partial charge in [0.25, 0.3) is 0 Å². The van der Waals surface area contributed by atoms with Crippen molar-refractivity contribution in [3.63, 3.8) is 0 Å². The summed E-state index contributed by atoms with van der Waals surface area (Å²) in [5.41, 5.74) is -0.555. The molecule has 0 saturated carbocycles. The van der Waals surface area contributed by atoms with Gasteiger partial charge >= 0.3 is 0 Å². The molecule has 228 valence electrons. The van der Waals surface area contributed by atoms with Crippen molar-refractivity contribution in [3.05, 3.63) is 47.6 Å². The largest absolute Gasteiger partial charge is 0.394 e. The molecule has 0 aliphatic carbocycles. The van der Waals surface area contributed by atoms with Gasteiger partial charge in [-0.15, -0.1) is 0 Å². The highest BCUT2D eigenvalue weighted by Crippen LogP contribution is 2.21. The number of aliphatic hydroxyl groups is 14. The molecule has 18 nitrogen and oxygen atoms in total. The lowest BCUT2D eigenvalue weighted by molar-refractivity contribution is -0.0826. The monoisotopic (exact) mass is 580 g/mol. The van der Waals surface area contributed by atoms with Gasteiger partial charge in [-0.3, -0.25) is 9.97 Å². The van der Waals surface area contributed by atoms with Crippen LogP contribution < -0.4 is 0 Å². The summed E-state index contributed by atoms with van der Waals surface area (Å²) in [5, 5.41) is 130. The molecule has 0 amide bonds. The van der Waals surface area contributed by atoms with Crippen molar-refractivity contribution in [1.82, 2.24) is 19.9 Å². The highest BCUT2D eigenvalue weighted by Gasteiger charge is 2.30. The number of rotatable bonds is 14. The van der Waals surface area contributed by atoms with E-state index in [1.54, 1.807) is 0 Å². The normalized spacial score (nSPS) is 19.1. The van der Waals surface area contributed by atoms with Gasteiger partial charge in [0.05, 0.1) is 74.0 Å². The van der Waals surface area contributed by atoms with E-state index in [9.17, 15) is 51.1 Å². The molecular formula is C22H36N4O14. The summed E-state index contributed by atoms with van der Waals surface area (Å²) in [7, 11) is 0. The van der Waals surface area contributed by atoms with Crippen LogP contribution in [0, 0.1) is 0 Å². The van der Waals surface area contributed by atoms with Crippen molar-refractivity contribution in [2.24, 2.45) is 0 Å². The van der Waals surface area contributed by atoms with Crippen molar-refractivity contribution < 1.29 is 71.5 Å². The first-order chi connectivity index (χ1) is 18.8. The Morgan fingerprint density at radius 1 is 0.400 bits per heavy atom. The molecule has 2 aromatic heterocycles. The van der Waals surface area contributed by atoms with Crippen LogP contribution in [0.4, 0.5) is 0 Å². The van der Waals surface area contributed by atoms with Gasteiger partial charge in [0, 0.05) is 0 Å². The minimum absolute atomic E-state index is 0.0572. The number of aromatic nitrogens is 4. The maximum atomic E-state index is 9.83. The van der Waals surface area contributed by atoms with Gasteiger partial charge in [0.1, 0.15) is 61.0 Å². The average Bonchev–Trinajstić information content (AvgIpc) is 3.01. The van der Waals surface area contributed by atoms with Crippen molar-refractivity contribution in [2.75, 3.05) is 26.4 Å². The zero-order valence-corrected chi connectivity index (χ0v) is 21.0. The summed E-state index contributed by atoms with van der Waals surface area (Å²) in [6, 6.07) is 0. The van der Waals surface area contributed by atoms with Crippen LogP contribution in [0.2, 0.25) is 0 Å². The van der Waals surface area contributed by atoms with Gasteiger partial charge in [-0.2, -0.15) is 0 Å². The molecule has 0 aliphatic rings. The Kier molecular flexibility index (Phi) is 15.5. The van der Waals surface area contributed by atoms with Crippen LogP contribution in [0.1, 0.15) is 47.2 Å². The summed E-state index contributed by atoms with van der Waals surface area (Å²) in [6.45, 7) is -2.88. The Hall–Kier alpha value is -2.40. The quantitative estimate of drug-likeness (QED) is 0.0986. The number of hydrogen-bond acceptors (Lipinski definition) is 18. The third-order valence-electron chi connectivity index (χ3n) is 5.47. The topological polar surface area (TPSA) is 335 Å². The lowest BCUT2D eigenvalue weighted by atomic mass is 10.0. The van der Waals surface area contributed by atoms with Crippen LogP contribution in [0.15, 0.2) is 24.8 Å². The van der Waals surface area contributed by atoms with Crippen LogP contribution in [0.5, 0.6) is 0 Å². The maximum Gasteiger partial charge on any atom is 0.126 e. The standard InChI is InChI=1S/C12H20N2O8.C10H16N2O6/c15-3-7(17)11(21)9(19)5-1-13-2-6(14-5)10(20)12(22)8(18)4-16;13-3-7(15)9(17)5-1-11-2-6(12-5)10(18)8(16)4-14/h1-2,7-12,15-22H,3-4H2;1-2,7-10,13-18H,3-4H2/t;7-,8-,9-,10-/m.1/s1. The van der Waals surface area contributed by atoms with Crippen molar-refractivity contribution in [1.29, 1.82) is 0 Å². The Labute approximate surface area is 227 Å². The van der Waals surface area contributed by atoms with Crippen LogP contribution in [-0.4, -0.2) is 154 Å². The van der Waals surface area contributed by atoms with Gasteiger partial charge < -0.3 is 71.5 Å². The molecule has 10 atom stereocenters. The molecule has 0 spiro atoms. The molecule has 0 aromatic carbocycles. The van der Waals surface area contributed by atoms with E-state index in [4.69, 9.17) is 20.4 Å². The van der Waals surface area contributed by atoms with Crippen LogP contribution in [0.3, 0.4) is 0 Å². The molecule has 14 N–H and O–H groups in total. The highest BCUT2D eigenvalue weighted by atomic mass is 16.4. The van der Waals surface area contributed by atoms with Crippen molar-refractivity contribution in [3.8, 4) is 0 Å². The smallest absolute Gasteiger partial charge is 0.126 e. The van der Waals surface area contributed by atoms with Gasteiger partial charge in [0.15, 0.2) is 0 Å². The second-order valence-electron chi connectivity index (χ2n) is 8.50. The van der Waals surface area contributed by atoms with Crippen LogP contribution in [-0.2, 0) is 0 Å². The van der Waals surface area contributed by atoms with Crippen LogP contribution >= 0.6 is 0 Å². The highest BCUT2D eigenvalue weighted by molar-refractivity contribution is 5.12. The Balaban J connectivity index is 0.000000408. The summed E-state index contributed by atoms with van der Waals surface area (Å²) >= 11 is 0. The number of aliphatic hydroxyl groups excluding tert-OH is 14. The van der Waals surface area contributed by atoms with E-state index in [0.29, 0.717) is 0 Å². The molecular weight excluding hydrogens is 544 g/mol. The first-order valence-corrected chi connectivity index (χ1v) is 11.7. The zero-order chi connectivity index (χ0) is 30.6. The van der Waals surface area contributed by atoms with E-state index in [-0.39, 0.29) is 22.8 Å². The fourth-order valence-electron chi connectivity index (χ4n) is 2.94. The van der Waals surface area contributed by atoms with Crippen molar-refractivity contribution >= 4 is 0 Å². The summed E-state index contributed by atoms with van der Waals surface area (Å²) in [4.78, 5) is 14.9. The lowest BCUT2D eigenvalue weighted by Crippen LogP contribution is -2.36. The van der Waals surface area contributed by atoms with E-state index in [2.05, 4.69) is 19.9 Å².